The number of carbonyl (C=O) groups excluding carboxylic acids is 1. The van der Waals surface area contributed by atoms with Gasteiger partial charge in [-0.3, -0.25) is 9.69 Å². The van der Waals surface area contributed by atoms with Gasteiger partial charge in [-0.1, -0.05) is 54.1 Å². The molecular formula is C23H15ClINO. The van der Waals surface area contributed by atoms with Crippen LogP contribution >= 0.6 is 34.2 Å². The average molecular weight is 484 g/mol. The summed E-state index contributed by atoms with van der Waals surface area (Å²) >= 11 is 8.23. The van der Waals surface area contributed by atoms with Crippen molar-refractivity contribution in [2.75, 3.05) is 4.90 Å². The first kappa shape index (κ1) is 18.0. The Morgan fingerprint density at radius 1 is 0.852 bits per heavy atom. The van der Waals surface area contributed by atoms with E-state index in [-0.39, 0.29) is 5.91 Å². The third-order valence-corrected chi connectivity index (χ3v) is 5.30. The number of amides is 1. The first-order valence-corrected chi connectivity index (χ1v) is 9.92. The van der Waals surface area contributed by atoms with Crippen LogP contribution in [0, 0.1) is 3.57 Å². The van der Waals surface area contributed by atoms with E-state index in [2.05, 4.69) is 22.6 Å². The highest BCUT2D eigenvalue weighted by atomic mass is 127. The number of hydrogen-bond donors (Lipinski definition) is 0. The third-order valence-electron chi connectivity index (χ3n) is 4.33. The Balaban J connectivity index is 1.80. The van der Waals surface area contributed by atoms with E-state index in [0.717, 1.165) is 26.1 Å². The van der Waals surface area contributed by atoms with E-state index >= 15 is 0 Å². The maximum Gasteiger partial charge on any atom is 0.262 e. The summed E-state index contributed by atoms with van der Waals surface area (Å²) in [5.74, 6) is -0.0370. The summed E-state index contributed by atoms with van der Waals surface area (Å²) < 4.78 is 1.13. The summed E-state index contributed by atoms with van der Waals surface area (Å²) in [5, 5.41) is 0.677. The van der Waals surface area contributed by atoms with Gasteiger partial charge in [-0.05, 0) is 82.3 Å². The Morgan fingerprint density at radius 2 is 1.52 bits per heavy atom. The van der Waals surface area contributed by atoms with Gasteiger partial charge in [-0.2, -0.15) is 0 Å². The van der Waals surface area contributed by atoms with Gasteiger partial charge in [-0.15, -0.1) is 0 Å². The van der Waals surface area contributed by atoms with Gasteiger partial charge in [0.1, 0.15) is 0 Å². The zero-order chi connectivity index (χ0) is 18.8. The molecule has 0 bridgehead atoms. The molecule has 0 N–H and O–H groups in total. The number of halogens is 2. The van der Waals surface area contributed by atoms with Crippen LogP contribution in [0.25, 0.3) is 11.8 Å². The molecule has 0 unspecified atom stereocenters. The van der Waals surface area contributed by atoms with E-state index in [9.17, 15) is 4.79 Å². The SMILES string of the molecule is O=C1/C(=C/c2ccc(Cl)cc2)C=C(c2ccccc2)N1c1ccc(I)cc1. The van der Waals surface area contributed by atoms with Crippen LogP contribution in [0.4, 0.5) is 5.69 Å². The molecule has 132 valence electrons. The highest BCUT2D eigenvalue weighted by molar-refractivity contribution is 14.1. The first-order chi connectivity index (χ1) is 13.1. The number of anilines is 1. The molecule has 0 aromatic heterocycles. The maximum atomic E-state index is 13.2. The zero-order valence-corrected chi connectivity index (χ0v) is 17.2. The highest BCUT2D eigenvalue weighted by Crippen LogP contribution is 2.35. The van der Waals surface area contributed by atoms with Crippen molar-refractivity contribution in [3.05, 3.63) is 110 Å². The van der Waals surface area contributed by atoms with Crippen LogP contribution in [0.5, 0.6) is 0 Å². The van der Waals surface area contributed by atoms with Crippen LogP contribution in [-0.4, -0.2) is 5.91 Å². The molecular weight excluding hydrogens is 469 g/mol. The molecule has 0 aliphatic carbocycles. The van der Waals surface area contributed by atoms with Crippen molar-refractivity contribution in [1.29, 1.82) is 0 Å². The van der Waals surface area contributed by atoms with Crippen LogP contribution in [-0.2, 0) is 4.79 Å². The fourth-order valence-electron chi connectivity index (χ4n) is 3.02. The Hall–Kier alpha value is -2.37. The van der Waals surface area contributed by atoms with Gasteiger partial charge < -0.3 is 0 Å². The summed E-state index contributed by atoms with van der Waals surface area (Å²) in [6.45, 7) is 0. The molecule has 0 saturated carbocycles. The lowest BCUT2D eigenvalue weighted by atomic mass is 10.1. The van der Waals surface area contributed by atoms with Crippen molar-refractivity contribution < 1.29 is 4.79 Å². The topological polar surface area (TPSA) is 20.3 Å². The maximum absolute atomic E-state index is 13.2. The van der Waals surface area contributed by atoms with Crippen LogP contribution in [0.1, 0.15) is 11.1 Å². The number of carbonyl (C=O) groups is 1. The first-order valence-electron chi connectivity index (χ1n) is 8.46. The van der Waals surface area contributed by atoms with Gasteiger partial charge in [0.05, 0.1) is 5.70 Å². The standard InChI is InChI=1S/C23H15ClINO/c24-19-8-6-16(7-9-19)14-18-15-22(17-4-2-1-3-5-17)26(23(18)27)21-12-10-20(25)11-13-21/h1-15H/b18-14+. The Labute approximate surface area is 176 Å². The molecule has 0 atom stereocenters. The summed E-state index contributed by atoms with van der Waals surface area (Å²) in [6, 6.07) is 25.4. The van der Waals surface area contributed by atoms with Gasteiger partial charge in [-0.25, -0.2) is 0 Å². The third kappa shape index (κ3) is 3.84. The van der Waals surface area contributed by atoms with Crippen LogP contribution in [0.15, 0.2) is 90.5 Å². The molecule has 3 aromatic rings. The molecule has 0 fully saturated rings. The van der Waals surface area contributed by atoms with Gasteiger partial charge in [0.25, 0.3) is 5.91 Å². The Morgan fingerprint density at radius 3 is 2.19 bits per heavy atom. The number of nitrogens with zero attached hydrogens (tertiary/aromatic N) is 1. The largest absolute Gasteiger partial charge is 0.276 e. The summed E-state index contributed by atoms with van der Waals surface area (Å²) in [4.78, 5) is 15.0. The van der Waals surface area contributed by atoms with Crippen molar-refractivity contribution >= 4 is 57.6 Å². The van der Waals surface area contributed by atoms with Crippen LogP contribution in [0.2, 0.25) is 5.02 Å². The second-order valence-electron chi connectivity index (χ2n) is 6.16. The van der Waals surface area contributed by atoms with Crippen LogP contribution < -0.4 is 4.90 Å². The molecule has 0 saturated heterocycles. The number of rotatable bonds is 3. The monoisotopic (exact) mass is 483 g/mol. The van der Waals surface area contributed by atoms with E-state index in [4.69, 9.17) is 11.6 Å². The minimum absolute atomic E-state index is 0.0370. The van der Waals surface area contributed by atoms with E-state index in [1.54, 1.807) is 4.90 Å². The molecule has 0 spiro atoms. The lowest BCUT2D eigenvalue weighted by Crippen LogP contribution is -2.24. The zero-order valence-electron chi connectivity index (χ0n) is 14.3. The molecule has 1 aliphatic heterocycles. The van der Waals surface area contributed by atoms with Crippen LogP contribution in [0.3, 0.4) is 0 Å². The molecule has 3 aromatic carbocycles. The van der Waals surface area contributed by atoms with Crippen molar-refractivity contribution in [2.24, 2.45) is 0 Å². The minimum Gasteiger partial charge on any atom is -0.276 e. The minimum atomic E-state index is -0.0370. The molecule has 4 rings (SSSR count). The van der Waals surface area contributed by atoms with E-state index < -0.39 is 0 Å². The average Bonchev–Trinajstić information content (AvgIpc) is 3.01. The van der Waals surface area contributed by atoms with Crippen molar-refractivity contribution in [3.8, 4) is 0 Å². The van der Waals surface area contributed by atoms with E-state index in [1.807, 2.05) is 91.0 Å². The highest BCUT2D eigenvalue weighted by Gasteiger charge is 2.30. The second kappa shape index (κ2) is 7.71. The summed E-state index contributed by atoms with van der Waals surface area (Å²) in [5.41, 5.74) is 4.33. The smallest absolute Gasteiger partial charge is 0.262 e. The molecule has 0 radical (unpaired) electrons. The van der Waals surface area contributed by atoms with Gasteiger partial charge >= 0.3 is 0 Å². The normalized spacial score (nSPS) is 15.3. The molecule has 1 aliphatic rings. The molecule has 2 nitrogen and oxygen atoms in total. The molecule has 27 heavy (non-hydrogen) atoms. The van der Waals surface area contributed by atoms with E-state index in [1.165, 1.54) is 0 Å². The predicted molar refractivity (Wildman–Crippen MR) is 120 cm³/mol. The van der Waals surface area contributed by atoms with Gasteiger partial charge in [0, 0.05) is 19.9 Å². The fraction of sp³-hybridized carbons (Fsp3) is 0. The Bertz CT molecular complexity index is 1040. The van der Waals surface area contributed by atoms with Gasteiger partial charge in [0.2, 0.25) is 0 Å². The van der Waals surface area contributed by atoms with Crippen molar-refractivity contribution in [2.45, 2.75) is 0 Å². The van der Waals surface area contributed by atoms with Crippen molar-refractivity contribution in [3.63, 3.8) is 0 Å². The Kier molecular flexibility index (Phi) is 5.14. The summed E-state index contributed by atoms with van der Waals surface area (Å²) in [6.07, 6.45) is 3.85. The lowest BCUT2D eigenvalue weighted by Gasteiger charge is -2.21. The molecule has 4 heteroatoms. The second-order valence-corrected chi connectivity index (χ2v) is 7.85. The van der Waals surface area contributed by atoms with Crippen molar-refractivity contribution in [1.82, 2.24) is 0 Å². The lowest BCUT2D eigenvalue weighted by molar-refractivity contribution is -0.113. The molecule has 1 amide bonds. The number of hydrogen-bond acceptors (Lipinski definition) is 1. The van der Waals surface area contributed by atoms with Gasteiger partial charge in [0.15, 0.2) is 0 Å². The fourth-order valence-corrected chi connectivity index (χ4v) is 3.51. The predicted octanol–water partition coefficient (Wildman–Crippen LogP) is 6.42. The van der Waals surface area contributed by atoms with E-state index in [0.29, 0.717) is 10.6 Å². The molecule has 1 heterocycles. The summed E-state index contributed by atoms with van der Waals surface area (Å²) in [7, 11) is 0. The number of benzene rings is 3. The quantitative estimate of drug-likeness (QED) is 0.311.